The first kappa shape index (κ1) is 14.7. The molecule has 0 saturated carbocycles. The number of benzene rings is 1. The highest BCUT2D eigenvalue weighted by atomic mass is 19.1. The zero-order chi connectivity index (χ0) is 14.7. The molecule has 2 N–H and O–H groups in total. The number of amides is 1. The van der Waals surface area contributed by atoms with Gasteiger partial charge in [0.1, 0.15) is 6.04 Å². The fraction of sp³-hybridized carbons (Fsp3) is 0.500. The van der Waals surface area contributed by atoms with Crippen LogP contribution in [0.2, 0.25) is 0 Å². The van der Waals surface area contributed by atoms with Crippen LogP contribution < -0.4 is 5.32 Å². The lowest BCUT2D eigenvalue weighted by Crippen LogP contribution is -2.57. The van der Waals surface area contributed by atoms with Gasteiger partial charge in [0.15, 0.2) is 11.6 Å². The molecule has 1 unspecified atom stereocenters. The molecular formula is C14H20FN3O2. The van der Waals surface area contributed by atoms with Crippen molar-refractivity contribution < 1.29 is 14.3 Å². The minimum absolute atomic E-state index is 0.0384. The average molecular weight is 281 g/mol. The fourth-order valence-electron chi connectivity index (χ4n) is 2.36. The summed E-state index contributed by atoms with van der Waals surface area (Å²) in [6.45, 7) is 2.62. The molecule has 5 nitrogen and oxygen atoms in total. The maximum Gasteiger partial charge on any atom is 0.240 e. The number of carbonyl (C=O) groups excluding carboxylic acids is 1. The Morgan fingerprint density at radius 1 is 1.55 bits per heavy atom. The number of nitrogens with one attached hydrogen (secondary N) is 1. The van der Waals surface area contributed by atoms with Crippen LogP contribution in [0, 0.1) is 5.82 Å². The second-order valence-corrected chi connectivity index (χ2v) is 5.21. The van der Waals surface area contributed by atoms with Crippen LogP contribution in [0.1, 0.15) is 5.56 Å². The van der Waals surface area contributed by atoms with E-state index in [1.807, 2.05) is 4.90 Å². The molecule has 1 atom stereocenters. The van der Waals surface area contributed by atoms with Crippen LogP contribution in [0.25, 0.3) is 0 Å². The maximum atomic E-state index is 13.4. The summed E-state index contributed by atoms with van der Waals surface area (Å²) in [6.07, 6.45) is 0. The topological polar surface area (TPSA) is 55.8 Å². The standard InChI is InChI=1S/C14H20FN3O2/c1-17(2)14(20)12-8-16-5-6-18(12)9-10-3-4-13(19)11(15)7-10/h3-4,7,12,16,19H,5-6,8-9H2,1-2H3. The lowest BCUT2D eigenvalue weighted by Gasteiger charge is -2.36. The van der Waals surface area contributed by atoms with Crippen molar-refractivity contribution in [2.75, 3.05) is 33.7 Å². The molecule has 1 aliphatic heterocycles. The number of nitrogens with zero attached hydrogens (tertiary/aromatic N) is 2. The summed E-state index contributed by atoms with van der Waals surface area (Å²) in [6, 6.07) is 4.09. The van der Waals surface area contributed by atoms with Crippen molar-refractivity contribution in [3.63, 3.8) is 0 Å². The molecular weight excluding hydrogens is 261 g/mol. The Morgan fingerprint density at radius 3 is 2.95 bits per heavy atom. The highest BCUT2D eigenvalue weighted by molar-refractivity contribution is 5.81. The summed E-state index contributed by atoms with van der Waals surface area (Å²) < 4.78 is 13.4. The van der Waals surface area contributed by atoms with Gasteiger partial charge in [-0.1, -0.05) is 6.07 Å². The van der Waals surface area contributed by atoms with Gasteiger partial charge in [0, 0.05) is 40.3 Å². The molecule has 0 aliphatic carbocycles. The Bertz CT molecular complexity index is 493. The number of rotatable bonds is 3. The molecule has 6 heteroatoms. The molecule has 1 saturated heterocycles. The van der Waals surface area contributed by atoms with E-state index in [9.17, 15) is 14.3 Å². The largest absolute Gasteiger partial charge is 0.505 e. The average Bonchev–Trinajstić information content (AvgIpc) is 2.42. The third kappa shape index (κ3) is 3.26. The van der Waals surface area contributed by atoms with Crippen molar-refractivity contribution in [2.24, 2.45) is 0 Å². The zero-order valence-electron chi connectivity index (χ0n) is 11.8. The molecule has 1 fully saturated rings. The van der Waals surface area contributed by atoms with Crippen LogP contribution >= 0.6 is 0 Å². The molecule has 0 bridgehead atoms. The predicted molar refractivity (Wildman–Crippen MR) is 73.8 cm³/mol. The van der Waals surface area contributed by atoms with Gasteiger partial charge in [0.2, 0.25) is 5.91 Å². The van der Waals surface area contributed by atoms with Crippen LogP contribution in [0.3, 0.4) is 0 Å². The highest BCUT2D eigenvalue weighted by Gasteiger charge is 2.29. The molecule has 20 heavy (non-hydrogen) atoms. The minimum atomic E-state index is -0.631. The molecule has 1 aromatic rings. The monoisotopic (exact) mass is 281 g/mol. The van der Waals surface area contributed by atoms with E-state index in [2.05, 4.69) is 5.32 Å². The molecule has 110 valence electrons. The maximum absolute atomic E-state index is 13.4. The van der Waals surface area contributed by atoms with Gasteiger partial charge < -0.3 is 15.3 Å². The highest BCUT2D eigenvalue weighted by Crippen LogP contribution is 2.18. The third-order valence-electron chi connectivity index (χ3n) is 3.48. The second-order valence-electron chi connectivity index (χ2n) is 5.21. The quantitative estimate of drug-likeness (QED) is 0.842. The molecule has 2 rings (SSSR count). The second kappa shape index (κ2) is 6.19. The van der Waals surface area contributed by atoms with Gasteiger partial charge in [0.25, 0.3) is 0 Å². The molecule has 1 heterocycles. The number of phenols is 1. The van der Waals surface area contributed by atoms with Gasteiger partial charge >= 0.3 is 0 Å². The zero-order valence-corrected chi connectivity index (χ0v) is 11.8. The van der Waals surface area contributed by atoms with Gasteiger partial charge in [-0.2, -0.15) is 0 Å². The molecule has 1 aliphatic rings. The summed E-state index contributed by atoms with van der Waals surface area (Å²) in [7, 11) is 3.46. The minimum Gasteiger partial charge on any atom is -0.505 e. The molecule has 0 aromatic heterocycles. The number of phenolic OH excluding ortho intramolecular Hbond substituents is 1. The molecule has 0 radical (unpaired) electrons. The first-order valence-electron chi connectivity index (χ1n) is 6.62. The predicted octanol–water partition coefficient (Wildman–Crippen LogP) is 0.393. The van der Waals surface area contributed by atoms with Gasteiger partial charge in [0.05, 0.1) is 0 Å². The number of hydrogen-bond acceptors (Lipinski definition) is 4. The van der Waals surface area contributed by atoms with Crippen molar-refractivity contribution in [3.8, 4) is 5.75 Å². The normalized spacial score (nSPS) is 19.9. The van der Waals surface area contributed by atoms with Crippen LogP contribution in [0.4, 0.5) is 4.39 Å². The number of piperazine rings is 1. The Kier molecular flexibility index (Phi) is 4.57. The van der Waals surface area contributed by atoms with E-state index < -0.39 is 5.82 Å². The Balaban J connectivity index is 2.12. The molecule has 0 spiro atoms. The Hall–Kier alpha value is -1.66. The van der Waals surface area contributed by atoms with Gasteiger partial charge in [-0.05, 0) is 17.7 Å². The molecule has 1 amide bonds. The van der Waals surface area contributed by atoms with Crippen molar-refractivity contribution >= 4 is 5.91 Å². The summed E-state index contributed by atoms with van der Waals surface area (Å²) in [5.41, 5.74) is 0.749. The van der Waals surface area contributed by atoms with Gasteiger partial charge in [-0.15, -0.1) is 0 Å². The number of aromatic hydroxyl groups is 1. The third-order valence-corrected chi connectivity index (χ3v) is 3.48. The van der Waals surface area contributed by atoms with Gasteiger partial charge in [-0.25, -0.2) is 4.39 Å². The first-order valence-corrected chi connectivity index (χ1v) is 6.62. The van der Waals surface area contributed by atoms with E-state index >= 15 is 0 Å². The summed E-state index contributed by atoms with van der Waals surface area (Å²) in [4.78, 5) is 15.8. The van der Waals surface area contributed by atoms with Gasteiger partial charge in [-0.3, -0.25) is 9.69 Å². The SMILES string of the molecule is CN(C)C(=O)C1CNCCN1Cc1ccc(O)c(F)c1. The summed E-state index contributed by atoms with van der Waals surface area (Å²) in [5.74, 6) is -0.945. The van der Waals surface area contributed by atoms with E-state index in [0.717, 1.165) is 18.7 Å². The van der Waals surface area contributed by atoms with Crippen molar-refractivity contribution in [3.05, 3.63) is 29.6 Å². The summed E-state index contributed by atoms with van der Waals surface area (Å²) >= 11 is 0. The first-order chi connectivity index (χ1) is 9.49. The number of halogens is 1. The lowest BCUT2D eigenvalue weighted by molar-refractivity contribution is -0.135. The number of hydrogen-bond donors (Lipinski definition) is 2. The van der Waals surface area contributed by atoms with E-state index in [1.54, 1.807) is 25.1 Å². The fourth-order valence-corrected chi connectivity index (χ4v) is 2.36. The Labute approximate surface area is 118 Å². The van der Waals surface area contributed by atoms with Crippen molar-refractivity contribution in [1.29, 1.82) is 0 Å². The Morgan fingerprint density at radius 2 is 2.30 bits per heavy atom. The molecule has 1 aromatic carbocycles. The van der Waals surface area contributed by atoms with Crippen LogP contribution in [-0.4, -0.2) is 60.6 Å². The number of carbonyl (C=O) groups is 1. The lowest BCUT2D eigenvalue weighted by atomic mass is 10.1. The van der Waals surface area contributed by atoms with Crippen LogP contribution in [-0.2, 0) is 11.3 Å². The van der Waals surface area contributed by atoms with E-state index in [-0.39, 0.29) is 17.7 Å². The smallest absolute Gasteiger partial charge is 0.240 e. The van der Waals surface area contributed by atoms with E-state index in [4.69, 9.17) is 0 Å². The van der Waals surface area contributed by atoms with Crippen LogP contribution in [0.15, 0.2) is 18.2 Å². The van der Waals surface area contributed by atoms with Crippen molar-refractivity contribution in [1.82, 2.24) is 15.1 Å². The van der Waals surface area contributed by atoms with Crippen molar-refractivity contribution in [2.45, 2.75) is 12.6 Å². The van der Waals surface area contributed by atoms with Crippen LogP contribution in [0.5, 0.6) is 5.75 Å². The van der Waals surface area contributed by atoms with E-state index in [1.165, 1.54) is 12.1 Å². The summed E-state index contributed by atoms with van der Waals surface area (Å²) in [5, 5.41) is 12.4. The van der Waals surface area contributed by atoms with E-state index in [0.29, 0.717) is 13.1 Å². The number of likely N-dealkylation sites (N-methyl/N-ethyl adjacent to an activating group) is 1.